The van der Waals surface area contributed by atoms with Crippen molar-refractivity contribution in [1.82, 2.24) is 4.90 Å². The van der Waals surface area contributed by atoms with Gasteiger partial charge >= 0.3 is 6.03 Å². The highest BCUT2D eigenvalue weighted by atomic mass is 32.2. The summed E-state index contributed by atoms with van der Waals surface area (Å²) >= 11 is 3.41. The number of thioether (sulfide) groups is 1. The number of rotatable bonds is 2. The van der Waals surface area contributed by atoms with Crippen LogP contribution in [0.3, 0.4) is 0 Å². The van der Waals surface area contributed by atoms with E-state index in [2.05, 4.69) is 11.6 Å². The first-order valence-corrected chi connectivity index (χ1v) is 7.58. The molecule has 1 aromatic heterocycles. The Labute approximate surface area is 104 Å². The predicted octanol–water partition coefficient (Wildman–Crippen LogP) is 3.11. The van der Waals surface area contributed by atoms with Crippen LogP contribution in [-0.2, 0) is 0 Å². The molecule has 0 aromatic carbocycles. The quantitative estimate of drug-likeness (QED) is 0.882. The Hall–Kier alpha value is -0.680. The molecule has 1 N–H and O–H groups in total. The molecular formula is C11H16N2OS2. The summed E-state index contributed by atoms with van der Waals surface area (Å²) in [6, 6.07) is 3.92. The number of amides is 2. The standard InChI is InChI=1S/C11H16N2OS2/c1-15-9-4-2-6-13(8-9)11(14)12-10-5-3-7-16-10/h3,5,7,9H,2,4,6,8H2,1H3,(H,12,14)/t9-/m0/s1. The second kappa shape index (κ2) is 5.59. The summed E-state index contributed by atoms with van der Waals surface area (Å²) in [5, 5.41) is 6.43. The fourth-order valence-electron chi connectivity index (χ4n) is 1.85. The highest BCUT2D eigenvalue weighted by Gasteiger charge is 2.22. The molecule has 1 aliphatic rings. The number of hydrogen-bond acceptors (Lipinski definition) is 3. The molecule has 0 unspecified atom stereocenters. The molecule has 0 aliphatic carbocycles. The zero-order valence-electron chi connectivity index (χ0n) is 9.31. The molecule has 2 rings (SSSR count). The van der Waals surface area contributed by atoms with Gasteiger partial charge in [-0.3, -0.25) is 5.32 Å². The molecule has 0 saturated carbocycles. The Kier molecular flexibility index (Phi) is 4.12. The van der Waals surface area contributed by atoms with Gasteiger partial charge in [0.2, 0.25) is 0 Å². The Morgan fingerprint density at radius 2 is 2.56 bits per heavy atom. The van der Waals surface area contributed by atoms with Crippen LogP contribution < -0.4 is 5.32 Å². The van der Waals surface area contributed by atoms with E-state index in [-0.39, 0.29) is 6.03 Å². The number of likely N-dealkylation sites (tertiary alicyclic amines) is 1. The minimum absolute atomic E-state index is 0.0428. The lowest BCUT2D eigenvalue weighted by molar-refractivity contribution is 0.202. The van der Waals surface area contributed by atoms with Crippen LogP contribution in [0, 0.1) is 0 Å². The molecule has 1 aliphatic heterocycles. The smallest absolute Gasteiger partial charge is 0.322 e. The number of anilines is 1. The summed E-state index contributed by atoms with van der Waals surface area (Å²) in [6.45, 7) is 1.76. The van der Waals surface area contributed by atoms with Gasteiger partial charge in [0.15, 0.2) is 0 Å². The van der Waals surface area contributed by atoms with Crippen LogP contribution in [-0.4, -0.2) is 35.5 Å². The summed E-state index contributed by atoms with van der Waals surface area (Å²) < 4.78 is 0. The third-order valence-electron chi connectivity index (χ3n) is 2.75. The lowest BCUT2D eigenvalue weighted by Crippen LogP contribution is -2.43. The van der Waals surface area contributed by atoms with Gasteiger partial charge in [0.05, 0.1) is 5.00 Å². The number of hydrogen-bond donors (Lipinski definition) is 1. The molecule has 88 valence electrons. The lowest BCUT2D eigenvalue weighted by Gasteiger charge is -2.31. The number of carbonyl (C=O) groups is 1. The molecule has 0 bridgehead atoms. The number of nitrogens with zero attached hydrogens (tertiary/aromatic N) is 1. The summed E-state index contributed by atoms with van der Waals surface area (Å²) in [6.07, 6.45) is 4.46. The van der Waals surface area contributed by atoms with Crippen LogP contribution >= 0.6 is 23.1 Å². The molecule has 1 saturated heterocycles. The van der Waals surface area contributed by atoms with Gasteiger partial charge in [0.25, 0.3) is 0 Å². The minimum atomic E-state index is 0.0428. The fraction of sp³-hybridized carbons (Fsp3) is 0.545. The van der Waals surface area contributed by atoms with Crippen LogP contribution in [0.5, 0.6) is 0 Å². The third kappa shape index (κ3) is 2.92. The predicted molar refractivity (Wildman–Crippen MR) is 71.4 cm³/mol. The molecule has 5 heteroatoms. The summed E-state index contributed by atoms with van der Waals surface area (Å²) in [4.78, 5) is 13.9. The molecule has 2 heterocycles. The molecule has 1 fully saturated rings. The number of urea groups is 1. The van der Waals surface area contributed by atoms with Crippen LogP contribution in [0.15, 0.2) is 17.5 Å². The van der Waals surface area contributed by atoms with Crippen molar-refractivity contribution < 1.29 is 4.79 Å². The third-order valence-corrected chi connectivity index (χ3v) is 4.59. The van der Waals surface area contributed by atoms with E-state index >= 15 is 0 Å². The van der Waals surface area contributed by atoms with Crippen molar-refractivity contribution in [3.05, 3.63) is 17.5 Å². The summed E-state index contributed by atoms with van der Waals surface area (Å²) in [5.41, 5.74) is 0. The van der Waals surface area contributed by atoms with Gasteiger partial charge < -0.3 is 4.90 Å². The Morgan fingerprint density at radius 3 is 3.25 bits per heavy atom. The average molecular weight is 256 g/mol. The maximum absolute atomic E-state index is 11.9. The highest BCUT2D eigenvalue weighted by Crippen LogP contribution is 2.21. The normalized spacial score (nSPS) is 20.8. The van der Waals surface area contributed by atoms with Crippen LogP contribution in [0.2, 0.25) is 0 Å². The van der Waals surface area contributed by atoms with Gasteiger partial charge in [-0.1, -0.05) is 0 Å². The molecule has 16 heavy (non-hydrogen) atoms. The van der Waals surface area contributed by atoms with E-state index in [0.29, 0.717) is 5.25 Å². The van der Waals surface area contributed by atoms with E-state index in [0.717, 1.165) is 24.5 Å². The molecule has 1 aromatic rings. The first kappa shape index (κ1) is 11.8. The van der Waals surface area contributed by atoms with Crippen LogP contribution in [0.1, 0.15) is 12.8 Å². The van der Waals surface area contributed by atoms with Gasteiger partial charge in [-0.2, -0.15) is 11.8 Å². The van der Waals surface area contributed by atoms with E-state index in [9.17, 15) is 4.79 Å². The van der Waals surface area contributed by atoms with Gasteiger partial charge in [-0.15, -0.1) is 11.3 Å². The van der Waals surface area contributed by atoms with Crippen molar-refractivity contribution >= 4 is 34.1 Å². The minimum Gasteiger partial charge on any atom is -0.323 e. The van der Waals surface area contributed by atoms with Gasteiger partial charge in [-0.05, 0) is 36.6 Å². The van der Waals surface area contributed by atoms with E-state index in [1.165, 1.54) is 6.42 Å². The van der Waals surface area contributed by atoms with Crippen LogP contribution in [0.25, 0.3) is 0 Å². The zero-order valence-corrected chi connectivity index (χ0v) is 10.9. The molecule has 2 amide bonds. The van der Waals surface area contributed by atoms with Crippen molar-refractivity contribution in [2.24, 2.45) is 0 Å². The Balaban J connectivity index is 1.89. The van der Waals surface area contributed by atoms with E-state index < -0.39 is 0 Å². The van der Waals surface area contributed by atoms with E-state index in [4.69, 9.17) is 0 Å². The maximum Gasteiger partial charge on any atom is 0.322 e. The van der Waals surface area contributed by atoms with Crippen LogP contribution in [0.4, 0.5) is 9.80 Å². The van der Waals surface area contributed by atoms with Crippen molar-refractivity contribution in [1.29, 1.82) is 0 Å². The monoisotopic (exact) mass is 256 g/mol. The van der Waals surface area contributed by atoms with Crippen molar-refractivity contribution in [2.75, 3.05) is 24.7 Å². The summed E-state index contributed by atoms with van der Waals surface area (Å²) in [7, 11) is 0. The Morgan fingerprint density at radius 1 is 1.69 bits per heavy atom. The van der Waals surface area contributed by atoms with Crippen molar-refractivity contribution in [3.63, 3.8) is 0 Å². The average Bonchev–Trinajstić information content (AvgIpc) is 2.82. The first-order chi connectivity index (χ1) is 7.79. The highest BCUT2D eigenvalue weighted by molar-refractivity contribution is 7.99. The van der Waals surface area contributed by atoms with E-state index in [1.54, 1.807) is 11.3 Å². The number of nitrogens with one attached hydrogen (secondary N) is 1. The lowest BCUT2D eigenvalue weighted by atomic mass is 10.1. The maximum atomic E-state index is 11.9. The largest absolute Gasteiger partial charge is 0.323 e. The van der Waals surface area contributed by atoms with Gasteiger partial charge in [0, 0.05) is 18.3 Å². The molecule has 3 nitrogen and oxygen atoms in total. The van der Waals surface area contributed by atoms with E-state index in [1.807, 2.05) is 34.2 Å². The summed E-state index contributed by atoms with van der Waals surface area (Å²) in [5.74, 6) is 0. The van der Waals surface area contributed by atoms with Crippen molar-refractivity contribution in [3.8, 4) is 0 Å². The first-order valence-electron chi connectivity index (χ1n) is 5.42. The van der Waals surface area contributed by atoms with Gasteiger partial charge in [0.1, 0.15) is 0 Å². The molecular weight excluding hydrogens is 240 g/mol. The topological polar surface area (TPSA) is 32.3 Å². The van der Waals surface area contributed by atoms with Crippen molar-refractivity contribution in [2.45, 2.75) is 18.1 Å². The fourth-order valence-corrected chi connectivity index (χ4v) is 3.19. The molecule has 0 spiro atoms. The number of piperidine rings is 1. The number of carbonyl (C=O) groups excluding carboxylic acids is 1. The van der Waals surface area contributed by atoms with Gasteiger partial charge in [-0.25, -0.2) is 4.79 Å². The number of thiophene rings is 1. The zero-order chi connectivity index (χ0) is 11.4. The second-order valence-electron chi connectivity index (χ2n) is 3.85. The Bertz CT molecular complexity index is 340. The molecule has 1 atom stereocenters. The SMILES string of the molecule is CS[C@H]1CCCN(C(=O)Nc2cccs2)C1. The molecule has 0 radical (unpaired) electrons. The second-order valence-corrected chi connectivity index (χ2v) is 5.94.